The maximum atomic E-state index is 11.4. The Morgan fingerprint density at radius 1 is 1.33 bits per heavy atom. The number of carbonyl (C=O) groups is 1. The molecule has 1 atom stereocenters. The Bertz CT molecular complexity index is 645. The van der Waals surface area contributed by atoms with E-state index in [2.05, 4.69) is 41.5 Å². The van der Waals surface area contributed by atoms with Gasteiger partial charge in [-0.05, 0) is 41.9 Å². The van der Waals surface area contributed by atoms with Gasteiger partial charge >= 0.3 is 0 Å². The van der Waals surface area contributed by atoms with E-state index >= 15 is 0 Å². The monoisotopic (exact) mass is 369 g/mol. The molecular weight excluding hydrogens is 354 g/mol. The number of nitrogens with zero attached hydrogens (tertiary/aromatic N) is 3. The first-order valence-electron chi connectivity index (χ1n) is 6.52. The molecule has 0 aliphatic rings. The number of aromatic nitrogens is 3. The first-order valence-corrected chi connectivity index (χ1v) is 8.13. The van der Waals surface area contributed by atoms with Gasteiger partial charge in [-0.1, -0.05) is 6.92 Å². The summed E-state index contributed by atoms with van der Waals surface area (Å²) in [5, 5.41) is 5.86. The third kappa shape index (κ3) is 4.47. The molecule has 0 aliphatic heterocycles. The molecule has 1 amide bonds. The molecule has 2 N–H and O–H groups in total. The van der Waals surface area contributed by atoms with Crippen molar-refractivity contribution in [2.24, 2.45) is 0 Å². The highest BCUT2D eigenvalue weighted by atomic mass is 79.9. The van der Waals surface area contributed by atoms with E-state index in [0.29, 0.717) is 18.2 Å². The van der Waals surface area contributed by atoms with Crippen molar-refractivity contribution in [3.63, 3.8) is 0 Å². The fourth-order valence-corrected chi connectivity index (χ4v) is 3.07. The number of hydrogen-bond donors (Lipinski definition) is 2. The molecule has 0 bridgehead atoms. The quantitative estimate of drug-likeness (QED) is 0.842. The van der Waals surface area contributed by atoms with Crippen molar-refractivity contribution < 1.29 is 4.79 Å². The SMILES string of the molecule is CCC(=O)Nc1nc(C)nc(NC(C)c2ccc(Br)s2)n1. The first-order chi connectivity index (χ1) is 9.97. The first kappa shape index (κ1) is 15.8. The van der Waals surface area contributed by atoms with Crippen LogP contribution < -0.4 is 10.6 Å². The lowest BCUT2D eigenvalue weighted by Crippen LogP contribution is -2.16. The van der Waals surface area contributed by atoms with Crippen LogP contribution in [0.5, 0.6) is 0 Å². The van der Waals surface area contributed by atoms with Crippen LogP contribution in [0, 0.1) is 6.92 Å². The summed E-state index contributed by atoms with van der Waals surface area (Å²) < 4.78 is 1.08. The Hall–Kier alpha value is -1.54. The van der Waals surface area contributed by atoms with Gasteiger partial charge in [0.05, 0.1) is 9.83 Å². The highest BCUT2D eigenvalue weighted by molar-refractivity contribution is 9.11. The minimum absolute atomic E-state index is 0.0674. The number of aryl methyl sites for hydroxylation is 1. The lowest BCUT2D eigenvalue weighted by Gasteiger charge is -2.13. The van der Waals surface area contributed by atoms with Crippen molar-refractivity contribution in [1.29, 1.82) is 0 Å². The lowest BCUT2D eigenvalue weighted by molar-refractivity contribution is -0.115. The predicted octanol–water partition coefficient (Wildman–Crippen LogP) is 3.53. The fourth-order valence-electron chi connectivity index (χ4n) is 1.64. The third-order valence-electron chi connectivity index (χ3n) is 2.69. The van der Waals surface area contributed by atoms with Crippen LogP contribution in [0.4, 0.5) is 11.9 Å². The molecule has 6 nitrogen and oxygen atoms in total. The van der Waals surface area contributed by atoms with Crippen molar-refractivity contribution in [1.82, 2.24) is 15.0 Å². The Kier molecular flexibility index (Phi) is 5.24. The van der Waals surface area contributed by atoms with Gasteiger partial charge in [0, 0.05) is 11.3 Å². The van der Waals surface area contributed by atoms with Crippen LogP contribution in [-0.2, 0) is 4.79 Å². The van der Waals surface area contributed by atoms with Crippen molar-refractivity contribution in [2.45, 2.75) is 33.2 Å². The molecule has 0 aromatic carbocycles. The van der Waals surface area contributed by atoms with Gasteiger partial charge in [-0.3, -0.25) is 10.1 Å². The topological polar surface area (TPSA) is 79.8 Å². The van der Waals surface area contributed by atoms with E-state index in [1.165, 1.54) is 4.88 Å². The molecule has 2 aromatic rings. The summed E-state index contributed by atoms with van der Waals surface area (Å²) in [7, 11) is 0. The normalized spacial score (nSPS) is 12.0. The smallest absolute Gasteiger partial charge is 0.234 e. The second-order valence-electron chi connectivity index (χ2n) is 4.44. The van der Waals surface area contributed by atoms with Gasteiger partial charge in [0.2, 0.25) is 17.8 Å². The second-order valence-corrected chi connectivity index (χ2v) is 6.93. The summed E-state index contributed by atoms with van der Waals surface area (Å²) >= 11 is 5.10. The standard InChI is InChI=1S/C13H16BrN5OS/c1-4-11(20)18-13-17-8(3)16-12(19-13)15-7(2)9-5-6-10(14)21-9/h5-7H,4H2,1-3H3,(H2,15,16,17,18,19,20). The molecule has 0 saturated heterocycles. The summed E-state index contributed by atoms with van der Waals surface area (Å²) in [6.45, 7) is 5.57. The van der Waals surface area contributed by atoms with Crippen LogP contribution in [0.25, 0.3) is 0 Å². The summed E-state index contributed by atoms with van der Waals surface area (Å²) in [6, 6.07) is 4.11. The van der Waals surface area contributed by atoms with Crippen LogP contribution in [0.3, 0.4) is 0 Å². The van der Waals surface area contributed by atoms with Crippen molar-refractivity contribution in [2.75, 3.05) is 10.6 Å². The van der Waals surface area contributed by atoms with E-state index in [1.54, 1.807) is 25.2 Å². The minimum atomic E-state index is -0.123. The molecule has 0 aliphatic carbocycles. The molecule has 0 radical (unpaired) electrons. The van der Waals surface area contributed by atoms with E-state index in [4.69, 9.17) is 0 Å². The van der Waals surface area contributed by atoms with E-state index < -0.39 is 0 Å². The molecule has 0 fully saturated rings. The Morgan fingerprint density at radius 2 is 2.05 bits per heavy atom. The van der Waals surface area contributed by atoms with Gasteiger partial charge in [0.15, 0.2) is 0 Å². The van der Waals surface area contributed by atoms with Gasteiger partial charge in [0.25, 0.3) is 0 Å². The zero-order valence-electron chi connectivity index (χ0n) is 12.0. The van der Waals surface area contributed by atoms with Crippen molar-refractivity contribution >= 4 is 45.1 Å². The zero-order valence-corrected chi connectivity index (χ0v) is 14.4. The number of hydrogen-bond acceptors (Lipinski definition) is 6. The number of amides is 1. The maximum absolute atomic E-state index is 11.4. The molecule has 2 heterocycles. The Morgan fingerprint density at radius 3 is 2.67 bits per heavy atom. The van der Waals surface area contributed by atoms with Crippen LogP contribution in [0.2, 0.25) is 0 Å². The number of anilines is 2. The number of nitrogens with one attached hydrogen (secondary N) is 2. The van der Waals surface area contributed by atoms with Gasteiger partial charge in [-0.25, -0.2) is 0 Å². The van der Waals surface area contributed by atoms with Gasteiger partial charge < -0.3 is 5.32 Å². The lowest BCUT2D eigenvalue weighted by atomic mass is 10.3. The highest BCUT2D eigenvalue weighted by Crippen LogP contribution is 2.28. The van der Waals surface area contributed by atoms with Crippen LogP contribution in [-0.4, -0.2) is 20.9 Å². The molecule has 21 heavy (non-hydrogen) atoms. The zero-order chi connectivity index (χ0) is 15.4. The summed E-state index contributed by atoms with van der Waals surface area (Å²) in [5.41, 5.74) is 0. The Labute approximate surface area is 135 Å². The highest BCUT2D eigenvalue weighted by Gasteiger charge is 2.12. The van der Waals surface area contributed by atoms with E-state index in [-0.39, 0.29) is 17.9 Å². The van der Waals surface area contributed by atoms with Crippen molar-refractivity contribution in [3.8, 4) is 0 Å². The second kappa shape index (κ2) is 6.95. The van der Waals surface area contributed by atoms with Gasteiger partial charge in [0.1, 0.15) is 5.82 Å². The molecule has 0 spiro atoms. The number of thiophene rings is 1. The van der Waals surface area contributed by atoms with Crippen LogP contribution in [0.1, 0.15) is 37.0 Å². The summed E-state index contributed by atoms with van der Waals surface area (Å²) in [4.78, 5) is 25.2. The summed E-state index contributed by atoms with van der Waals surface area (Å²) in [5.74, 6) is 1.16. The average molecular weight is 370 g/mol. The van der Waals surface area contributed by atoms with Crippen LogP contribution in [0.15, 0.2) is 15.9 Å². The van der Waals surface area contributed by atoms with E-state index in [0.717, 1.165) is 3.79 Å². The van der Waals surface area contributed by atoms with Gasteiger partial charge in [-0.2, -0.15) is 15.0 Å². The molecule has 112 valence electrons. The minimum Gasteiger partial charge on any atom is -0.347 e. The molecule has 8 heteroatoms. The predicted molar refractivity (Wildman–Crippen MR) is 87.5 cm³/mol. The Balaban J connectivity index is 2.14. The molecule has 0 saturated carbocycles. The van der Waals surface area contributed by atoms with Gasteiger partial charge in [-0.15, -0.1) is 11.3 Å². The molecular formula is C13H16BrN5OS. The number of halogens is 1. The summed E-state index contributed by atoms with van der Waals surface area (Å²) in [6.07, 6.45) is 0.382. The third-order valence-corrected chi connectivity index (χ3v) is 4.49. The molecule has 1 unspecified atom stereocenters. The average Bonchev–Trinajstić information content (AvgIpc) is 2.84. The number of carbonyl (C=O) groups excluding carboxylic acids is 1. The van der Waals surface area contributed by atoms with E-state index in [1.807, 2.05) is 19.1 Å². The van der Waals surface area contributed by atoms with E-state index in [9.17, 15) is 4.79 Å². The van der Waals surface area contributed by atoms with Crippen LogP contribution >= 0.6 is 27.3 Å². The maximum Gasteiger partial charge on any atom is 0.234 e. The fraction of sp³-hybridized carbons (Fsp3) is 0.385. The number of rotatable bonds is 5. The molecule has 2 rings (SSSR count). The molecule has 2 aromatic heterocycles. The largest absolute Gasteiger partial charge is 0.347 e. The van der Waals surface area contributed by atoms with Crippen molar-refractivity contribution in [3.05, 3.63) is 26.6 Å².